The zero-order valence-electron chi connectivity index (χ0n) is 15.4. The molecule has 0 aromatic carbocycles. The van der Waals surface area contributed by atoms with Crippen molar-refractivity contribution in [2.75, 3.05) is 33.3 Å². The maximum absolute atomic E-state index is 12.0. The van der Waals surface area contributed by atoms with Gasteiger partial charge in [0.25, 0.3) is 0 Å². The third kappa shape index (κ3) is 6.25. The highest BCUT2D eigenvalue weighted by Crippen LogP contribution is 2.13. The predicted molar refractivity (Wildman–Crippen MR) is 98.7 cm³/mol. The van der Waals surface area contributed by atoms with Crippen molar-refractivity contribution in [1.29, 1.82) is 0 Å². The summed E-state index contributed by atoms with van der Waals surface area (Å²) < 4.78 is 5.60. The number of hydrogen-bond donors (Lipinski definition) is 2. The van der Waals surface area contributed by atoms with Gasteiger partial charge in [0.2, 0.25) is 5.91 Å². The third-order valence-electron chi connectivity index (χ3n) is 4.16. The number of aliphatic imine (C=N–C) groups is 1. The number of nitrogens with zero attached hydrogens (tertiary/aromatic N) is 3. The molecular weight excluding hydrogens is 318 g/mol. The Morgan fingerprint density at radius 3 is 2.80 bits per heavy atom. The predicted octanol–water partition coefficient (Wildman–Crippen LogP) is 1.27. The molecule has 0 atom stereocenters. The van der Waals surface area contributed by atoms with Gasteiger partial charge in [0, 0.05) is 38.3 Å². The fourth-order valence-electron chi connectivity index (χ4n) is 2.77. The normalized spacial score (nSPS) is 16.0. The number of ether oxygens (including phenoxy) is 1. The SMILES string of the molecule is CN=C(NCCOc1cccnc1)NC1CCN(C(=O)C(C)C)CC1. The molecule has 2 rings (SSSR count). The standard InChI is InChI=1S/C18H29N5O2/c1-14(2)17(24)23-10-6-15(7-11-23)22-18(19-3)21-9-12-25-16-5-4-8-20-13-16/h4-5,8,13-15H,6-7,9-12H2,1-3H3,(H2,19,21,22). The average molecular weight is 347 g/mol. The maximum Gasteiger partial charge on any atom is 0.225 e. The van der Waals surface area contributed by atoms with Crippen molar-refractivity contribution in [3.05, 3.63) is 24.5 Å². The number of aromatic nitrogens is 1. The molecule has 1 amide bonds. The van der Waals surface area contributed by atoms with Crippen molar-refractivity contribution < 1.29 is 9.53 Å². The first-order chi connectivity index (χ1) is 12.1. The Morgan fingerprint density at radius 1 is 1.44 bits per heavy atom. The van der Waals surface area contributed by atoms with Gasteiger partial charge in [-0.3, -0.25) is 14.8 Å². The second kappa shape index (κ2) is 9.86. The number of likely N-dealkylation sites (tertiary alicyclic amines) is 1. The molecule has 0 bridgehead atoms. The quantitative estimate of drug-likeness (QED) is 0.460. The second-order valence-electron chi connectivity index (χ2n) is 6.43. The number of piperidine rings is 1. The van der Waals surface area contributed by atoms with E-state index >= 15 is 0 Å². The van der Waals surface area contributed by atoms with Crippen molar-refractivity contribution in [3.63, 3.8) is 0 Å². The van der Waals surface area contributed by atoms with Crippen LogP contribution in [0.15, 0.2) is 29.5 Å². The van der Waals surface area contributed by atoms with Crippen LogP contribution in [0.3, 0.4) is 0 Å². The number of amides is 1. The van der Waals surface area contributed by atoms with Gasteiger partial charge >= 0.3 is 0 Å². The third-order valence-corrected chi connectivity index (χ3v) is 4.16. The number of hydrogen-bond acceptors (Lipinski definition) is 4. The van der Waals surface area contributed by atoms with E-state index in [1.807, 2.05) is 30.9 Å². The Morgan fingerprint density at radius 2 is 2.20 bits per heavy atom. The summed E-state index contributed by atoms with van der Waals surface area (Å²) in [5.41, 5.74) is 0. The summed E-state index contributed by atoms with van der Waals surface area (Å²) in [6.07, 6.45) is 5.28. The molecule has 0 spiro atoms. The molecule has 25 heavy (non-hydrogen) atoms. The van der Waals surface area contributed by atoms with Crippen LogP contribution in [0.5, 0.6) is 5.75 Å². The van der Waals surface area contributed by atoms with Gasteiger partial charge in [0.1, 0.15) is 12.4 Å². The van der Waals surface area contributed by atoms with Crippen LogP contribution in [0, 0.1) is 5.92 Å². The molecule has 1 fully saturated rings. The molecule has 0 aliphatic carbocycles. The molecule has 2 heterocycles. The summed E-state index contributed by atoms with van der Waals surface area (Å²) in [7, 11) is 1.76. The van der Waals surface area contributed by atoms with Crippen molar-refractivity contribution >= 4 is 11.9 Å². The van der Waals surface area contributed by atoms with E-state index in [1.54, 1.807) is 19.4 Å². The molecule has 0 radical (unpaired) electrons. The summed E-state index contributed by atoms with van der Waals surface area (Å²) in [5, 5.41) is 6.68. The topological polar surface area (TPSA) is 78.9 Å². The lowest BCUT2D eigenvalue weighted by molar-refractivity contribution is -0.135. The van der Waals surface area contributed by atoms with Crippen LogP contribution in [0.4, 0.5) is 0 Å². The second-order valence-corrected chi connectivity index (χ2v) is 6.43. The Balaban J connectivity index is 1.66. The highest BCUT2D eigenvalue weighted by atomic mass is 16.5. The molecule has 0 saturated carbocycles. The summed E-state index contributed by atoms with van der Waals surface area (Å²) in [6.45, 7) is 6.69. The lowest BCUT2D eigenvalue weighted by atomic mass is 10.0. The minimum Gasteiger partial charge on any atom is -0.490 e. The van der Waals surface area contributed by atoms with Gasteiger partial charge in [-0.1, -0.05) is 13.8 Å². The van der Waals surface area contributed by atoms with Gasteiger partial charge in [-0.05, 0) is 25.0 Å². The van der Waals surface area contributed by atoms with Gasteiger partial charge in [-0.15, -0.1) is 0 Å². The van der Waals surface area contributed by atoms with Crippen molar-refractivity contribution in [2.45, 2.75) is 32.7 Å². The van der Waals surface area contributed by atoms with E-state index in [9.17, 15) is 4.79 Å². The fourth-order valence-corrected chi connectivity index (χ4v) is 2.77. The van der Waals surface area contributed by atoms with Crippen LogP contribution >= 0.6 is 0 Å². The number of carbonyl (C=O) groups is 1. The molecule has 1 saturated heterocycles. The molecule has 1 aliphatic heterocycles. The van der Waals surface area contributed by atoms with Gasteiger partial charge < -0.3 is 20.3 Å². The summed E-state index contributed by atoms with van der Waals surface area (Å²) in [4.78, 5) is 22.3. The molecule has 1 aliphatic rings. The number of nitrogens with one attached hydrogen (secondary N) is 2. The molecular formula is C18H29N5O2. The minimum atomic E-state index is 0.0683. The number of rotatable bonds is 6. The van der Waals surface area contributed by atoms with E-state index in [-0.39, 0.29) is 11.8 Å². The molecule has 7 heteroatoms. The van der Waals surface area contributed by atoms with Crippen LogP contribution in [-0.2, 0) is 4.79 Å². The summed E-state index contributed by atoms with van der Waals surface area (Å²) in [6, 6.07) is 4.06. The Labute approximate surface area is 149 Å². The van der Waals surface area contributed by atoms with E-state index in [4.69, 9.17) is 4.74 Å². The Hall–Kier alpha value is -2.31. The molecule has 0 unspecified atom stereocenters. The van der Waals surface area contributed by atoms with Gasteiger partial charge in [0.05, 0.1) is 12.7 Å². The molecule has 138 valence electrons. The lowest BCUT2D eigenvalue weighted by Gasteiger charge is -2.34. The first kappa shape index (κ1) is 19.0. The highest BCUT2D eigenvalue weighted by Gasteiger charge is 2.24. The smallest absolute Gasteiger partial charge is 0.225 e. The van der Waals surface area contributed by atoms with Gasteiger partial charge in [-0.2, -0.15) is 0 Å². The number of pyridine rings is 1. The van der Waals surface area contributed by atoms with Crippen LogP contribution in [0.2, 0.25) is 0 Å². The zero-order chi connectivity index (χ0) is 18.1. The lowest BCUT2D eigenvalue weighted by Crippen LogP contribution is -2.50. The summed E-state index contributed by atoms with van der Waals surface area (Å²) >= 11 is 0. The molecule has 1 aromatic heterocycles. The minimum absolute atomic E-state index is 0.0683. The first-order valence-electron chi connectivity index (χ1n) is 8.89. The molecule has 2 N–H and O–H groups in total. The fraction of sp³-hybridized carbons (Fsp3) is 0.611. The average Bonchev–Trinajstić information content (AvgIpc) is 2.65. The zero-order valence-corrected chi connectivity index (χ0v) is 15.4. The highest BCUT2D eigenvalue weighted by molar-refractivity contribution is 5.80. The Kier molecular flexibility index (Phi) is 7.50. The molecule has 1 aromatic rings. The van der Waals surface area contributed by atoms with E-state index in [0.29, 0.717) is 19.2 Å². The van der Waals surface area contributed by atoms with Crippen LogP contribution in [0.25, 0.3) is 0 Å². The van der Waals surface area contributed by atoms with E-state index in [0.717, 1.165) is 37.6 Å². The molecule has 7 nitrogen and oxygen atoms in total. The largest absolute Gasteiger partial charge is 0.490 e. The van der Waals surface area contributed by atoms with E-state index in [1.165, 1.54) is 0 Å². The van der Waals surface area contributed by atoms with Gasteiger partial charge in [0.15, 0.2) is 5.96 Å². The number of carbonyl (C=O) groups excluding carboxylic acids is 1. The first-order valence-corrected chi connectivity index (χ1v) is 8.89. The monoisotopic (exact) mass is 347 g/mol. The maximum atomic E-state index is 12.0. The van der Waals surface area contributed by atoms with Crippen LogP contribution in [0.1, 0.15) is 26.7 Å². The van der Waals surface area contributed by atoms with Gasteiger partial charge in [-0.25, -0.2) is 0 Å². The van der Waals surface area contributed by atoms with Crippen LogP contribution < -0.4 is 15.4 Å². The van der Waals surface area contributed by atoms with Crippen molar-refractivity contribution in [3.8, 4) is 5.75 Å². The Bertz CT molecular complexity index is 554. The van der Waals surface area contributed by atoms with Crippen molar-refractivity contribution in [2.24, 2.45) is 10.9 Å². The van der Waals surface area contributed by atoms with E-state index < -0.39 is 0 Å². The van der Waals surface area contributed by atoms with Crippen molar-refractivity contribution in [1.82, 2.24) is 20.5 Å². The van der Waals surface area contributed by atoms with E-state index in [2.05, 4.69) is 20.6 Å². The van der Waals surface area contributed by atoms with Crippen LogP contribution in [-0.4, -0.2) is 61.1 Å². The summed E-state index contributed by atoms with van der Waals surface area (Å²) in [5.74, 6) is 1.84. The number of guanidine groups is 1.